The van der Waals surface area contributed by atoms with Gasteiger partial charge in [-0.2, -0.15) is 0 Å². The summed E-state index contributed by atoms with van der Waals surface area (Å²) in [5.41, 5.74) is 3.39. The summed E-state index contributed by atoms with van der Waals surface area (Å²) in [6.07, 6.45) is 3.84. The van der Waals surface area contributed by atoms with Crippen LogP contribution in [0.1, 0.15) is 10.4 Å². The number of nitrogens with one attached hydrogen (secondary N) is 1. The third-order valence-electron chi connectivity index (χ3n) is 7.60. The molecule has 0 atom stereocenters. The van der Waals surface area contributed by atoms with Gasteiger partial charge in [0.25, 0.3) is 5.56 Å². The molecule has 1 saturated heterocycles. The highest BCUT2D eigenvalue weighted by Gasteiger charge is 2.16. The van der Waals surface area contributed by atoms with E-state index in [2.05, 4.69) is 27.2 Å². The summed E-state index contributed by atoms with van der Waals surface area (Å²) in [4.78, 5) is 36.1. The fourth-order valence-electron chi connectivity index (χ4n) is 4.90. The Hall–Kier alpha value is -5.23. The number of fused-ring (bicyclic) bond motifs is 1. The van der Waals surface area contributed by atoms with Crippen LogP contribution in [0.5, 0.6) is 11.5 Å². The second kappa shape index (κ2) is 14.5. The van der Waals surface area contributed by atoms with Crippen LogP contribution in [-0.4, -0.2) is 59.1 Å². The zero-order chi connectivity index (χ0) is 32.8. The Morgan fingerprint density at radius 2 is 1.66 bits per heavy atom. The zero-order valence-electron chi connectivity index (χ0n) is 25.9. The lowest BCUT2D eigenvalue weighted by molar-refractivity contribution is 0.0503. The number of para-hydroxylation sites is 1. The monoisotopic (exact) mass is 649 g/mol. The van der Waals surface area contributed by atoms with E-state index in [1.165, 1.54) is 34.2 Å². The number of halogens is 1. The van der Waals surface area contributed by atoms with Crippen LogP contribution in [-0.2, 0) is 11.8 Å². The van der Waals surface area contributed by atoms with E-state index < -0.39 is 5.82 Å². The topological polar surface area (TPSA) is 98.6 Å². The number of anilines is 2. The summed E-state index contributed by atoms with van der Waals surface area (Å²) < 4.78 is 28.5. The van der Waals surface area contributed by atoms with E-state index in [0.29, 0.717) is 28.3 Å². The summed E-state index contributed by atoms with van der Waals surface area (Å²) in [6.45, 7) is 4.02. The van der Waals surface area contributed by atoms with Gasteiger partial charge in [0.15, 0.2) is 11.6 Å². The predicted octanol–water partition coefficient (Wildman–Crippen LogP) is 7.16. The van der Waals surface area contributed by atoms with Gasteiger partial charge in [-0.05, 0) is 48.5 Å². The van der Waals surface area contributed by atoms with Crippen LogP contribution in [0, 0.1) is 5.82 Å². The standard InChI is InChI=1S/C31H21FN4O3S.C5H11NO/c1-36-30(38)23(17-34-31(36)35-22-5-3-2-4-6-22)21-11-12-26(24(32)15-21)39-27-13-14-33-25-16-28(40-29(25)27)20-9-7-19(18-37)8-10-20;1-6-2-4-7-5-3-6/h2-18H,1H3,(H,34,35);2-5H2,1H3. The predicted molar refractivity (Wildman–Crippen MR) is 183 cm³/mol. The minimum absolute atomic E-state index is 0.0219. The normalized spacial score (nSPS) is 13.1. The smallest absolute Gasteiger partial charge is 0.262 e. The number of carbonyl (C=O) groups excluding carboxylic acids is 1. The first kappa shape index (κ1) is 31.7. The zero-order valence-corrected chi connectivity index (χ0v) is 26.7. The van der Waals surface area contributed by atoms with Crippen molar-refractivity contribution in [2.75, 3.05) is 38.7 Å². The van der Waals surface area contributed by atoms with E-state index in [1.807, 2.05) is 48.5 Å². The van der Waals surface area contributed by atoms with Crippen molar-refractivity contribution in [2.24, 2.45) is 7.05 Å². The first-order valence-electron chi connectivity index (χ1n) is 15.0. The van der Waals surface area contributed by atoms with Crippen molar-refractivity contribution in [1.82, 2.24) is 19.4 Å². The average molecular weight is 650 g/mol. The molecule has 3 aromatic heterocycles. The summed E-state index contributed by atoms with van der Waals surface area (Å²) in [5, 5.41) is 3.11. The number of aldehydes is 1. The van der Waals surface area contributed by atoms with Crippen LogP contribution >= 0.6 is 11.3 Å². The molecule has 1 N–H and O–H groups in total. The third kappa shape index (κ3) is 7.44. The van der Waals surface area contributed by atoms with Crippen LogP contribution in [0.15, 0.2) is 102 Å². The number of hydrogen-bond acceptors (Lipinski definition) is 9. The Labute approximate surface area is 274 Å². The second-order valence-electron chi connectivity index (χ2n) is 10.9. The first-order valence-corrected chi connectivity index (χ1v) is 15.8. The number of benzene rings is 3. The lowest BCUT2D eigenvalue weighted by Crippen LogP contribution is -2.32. The molecule has 47 heavy (non-hydrogen) atoms. The summed E-state index contributed by atoms with van der Waals surface area (Å²) >= 11 is 1.46. The average Bonchev–Trinajstić information content (AvgIpc) is 3.55. The van der Waals surface area contributed by atoms with Gasteiger partial charge in [-0.15, -0.1) is 11.3 Å². The van der Waals surface area contributed by atoms with Crippen LogP contribution in [0.2, 0.25) is 0 Å². The van der Waals surface area contributed by atoms with Crippen molar-refractivity contribution < 1.29 is 18.7 Å². The molecule has 0 aliphatic carbocycles. The Balaban J connectivity index is 0.000000491. The van der Waals surface area contributed by atoms with Crippen molar-refractivity contribution in [2.45, 2.75) is 0 Å². The third-order valence-corrected chi connectivity index (χ3v) is 8.79. The molecule has 0 radical (unpaired) electrons. The van der Waals surface area contributed by atoms with E-state index in [4.69, 9.17) is 9.47 Å². The number of morpholine rings is 1. The minimum atomic E-state index is -0.614. The number of likely N-dealkylation sites (N-methyl/N-ethyl adjacent to an activating group) is 1. The van der Waals surface area contributed by atoms with Gasteiger partial charge in [-0.25, -0.2) is 9.37 Å². The maximum Gasteiger partial charge on any atom is 0.262 e. The molecule has 0 bridgehead atoms. The molecule has 3 aromatic carbocycles. The number of carbonyl (C=O) groups is 1. The van der Waals surface area contributed by atoms with E-state index in [0.717, 1.165) is 53.4 Å². The molecular weight excluding hydrogens is 617 g/mol. The Morgan fingerprint density at radius 3 is 2.34 bits per heavy atom. The summed E-state index contributed by atoms with van der Waals surface area (Å²) in [7, 11) is 3.72. The van der Waals surface area contributed by atoms with Gasteiger partial charge in [0.05, 0.1) is 29.0 Å². The number of aromatic nitrogens is 3. The minimum Gasteiger partial charge on any atom is -0.453 e. The molecule has 4 heterocycles. The molecule has 0 saturated carbocycles. The number of pyridine rings is 1. The molecule has 1 aliphatic heterocycles. The van der Waals surface area contributed by atoms with Crippen molar-refractivity contribution in [3.8, 4) is 33.1 Å². The molecule has 1 fully saturated rings. The number of thiophene rings is 1. The van der Waals surface area contributed by atoms with Gasteiger partial charge < -0.3 is 19.7 Å². The maximum absolute atomic E-state index is 15.3. The van der Waals surface area contributed by atoms with Gasteiger partial charge in [0, 0.05) is 54.7 Å². The van der Waals surface area contributed by atoms with Crippen LogP contribution in [0.3, 0.4) is 0 Å². The van der Waals surface area contributed by atoms with Gasteiger partial charge in [0.1, 0.15) is 12.0 Å². The van der Waals surface area contributed by atoms with Gasteiger partial charge in [0.2, 0.25) is 5.95 Å². The van der Waals surface area contributed by atoms with Gasteiger partial charge >= 0.3 is 0 Å². The summed E-state index contributed by atoms with van der Waals surface area (Å²) in [6, 6.07) is 24.7. The van der Waals surface area contributed by atoms with Crippen LogP contribution in [0.25, 0.3) is 31.8 Å². The van der Waals surface area contributed by atoms with Crippen LogP contribution < -0.4 is 15.6 Å². The maximum atomic E-state index is 15.3. The van der Waals surface area contributed by atoms with Crippen molar-refractivity contribution in [3.05, 3.63) is 119 Å². The molecule has 6 aromatic rings. The molecule has 238 valence electrons. The fraction of sp³-hybridized carbons (Fsp3) is 0.167. The lowest BCUT2D eigenvalue weighted by atomic mass is 10.1. The molecule has 0 unspecified atom stereocenters. The first-order chi connectivity index (χ1) is 22.9. The molecule has 11 heteroatoms. The van der Waals surface area contributed by atoms with Gasteiger partial charge in [-0.3, -0.25) is 19.1 Å². The Kier molecular flexibility index (Phi) is 9.77. The van der Waals surface area contributed by atoms with Crippen LogP contribution in [0.4, 0.5) is 16.0 Å². The van der Waals surface area contributed by atoms with E-state index in [9.17, 15) is 9.59 Å². The highest BCUT2D eigenvalue weighted by molar-refractivity contribution is 7.22. The highest BCUT2D eigenvalue weighted by Crippen LogP contribution is 2.40. The second-order valence-corrected chi connectivity index (χ2v) is 11.9. The van der Waals surface area contributed by atoms with Gasteiger partial charge in [-0.1, -0.05) is 48.5 Å². The quantitative estimate of drug-likeness (QED) is 0.182. The SMILES string of the molecule is CN1CCOCC1.Cn1c(Nc2ccccc2)ncc(-c2ccc(Oc3ccnc4cc(-c5ccc(C=O)cc5)sc34)c(F)c2)c1=O. The Bertz CT molecular complexity index is 2060. The fourth-order valence-corrected chi connectivity index (χ4v) is 5.97. The van der Waals surface area contributed by atoms with E-state index >= 15 is 4.39 Å². The molecule has 9 nitrogen and oxygen atoms in total. The lowest BCUT2D eigenvalue weighted by Gasteiger charge is -2.21. The molecule has 1 aliphatic rings. The highest BCUT2D eigenvalue weighted by atomic mass is 32.1. The number of ether oxygens (including phenoxy) is 2. The Morgan fingerprint density at radius 1 is 0.915 bits per heavy atom. The van der Waals surface area contributed by atoms with E-state index in [1.54, 1.807) is 37.5 Å². The number of rotatable bonds is 7. The molecule has 0 spiro atoms. The van der Waals surface area contributed by atoms with Crippen molar-refractivity contribution >= 4 is 39.5 Å². The molecule has 0 amide bonds. The summed E-state index contributed by atoms with van der Waals surface area (Å²) in [5.74, 6) is 0.245. The largest absolute Gasteiger partial charge is 0.453 e. The van der Waals surface area contributed by atoms with E-state index in [-0.39, 0.29) is 16.9 Å². The number of hydrogen-bond donors (Lipinski definition) is 1. The molecule has 7 rings (SSSR count). The van der Waals surface area contributed by atoms with Crippen molar-refractivity contribution in [1.29, 1.82) is 0 Å². The molecular formula is C36H32FN5O4S. The number of nitrogens with zero attached hydrogens (tertiary/aromatic N) is 4. The van der Waals surface area contributed by atoms with Crippen molar-refractivity contribution in [3.63, 3.8) is 0 Å².